The summed E-state index contributed by atoms with van der Waals surface area (Å²) >= 11 is 0. The zero-order valence-corrected chi connectivity index (χ0v) is 12.9. The minimum atomic E-state index is -3.36. The molecule has 2 rings (SSSR count). The van der Waals surface area contributed by atoms with Crippen molar-refractivity contribution in [2.75, 3.05) is 26.0 Å². The standard InChI is InChI=1S/C14H23N3O2S/c1-17(2)20(18,19)13-7-5-12(6-8-13)16-14(11-15)9-3-4-10-14/h5-8,16H,3-4,9-11,15H2,1-2H3. The van der Waals surface area contributed by atoms with Gasteiger partial charge >= 0.3 is 0 Å². The number of hydrogen-bond acceptors (Lipinski definition) is 4. The second-order valence-electron chi connectivity index (χ2n) is 5.63. The molecule has 0 saturated heterocycles. The average molecular weight is 297 g/mol. The third-order valence-corrected chi connectivity index (χ3v) is 5.82. The summed E-state index contributed by atoms with van der Waals surface area (Å²) in [5.74, 6) is 0. The monoisotopic (exact) mass is 297 g/mol. The Labute approximate surface area is 121 Å². The van der Waals surface area contributed by atoms with E-state index in [1.807, 2.05) is 12.1 Å². The molecule has 1 aromatic rings. The van der Waals surface area contributed by atoms with E-state index in [1.54, 1.807) is 12.1 Å². The van der Waals surface area contributed by atoms with Crippen molar-refractivity contribution < 1.29 is 8.42 Å². The van der Waals surface area contributed by atoms with E-state index in [0.717, 1.165) is 18.5 Å². The lowest BCUT2D eigenvalue weighted by Crippen LogP contribution is -2.42. The van der Waals surface area contributed by atoms with Gasteiger partial charge in [-0.05, 0) is 37.1 Å². The third-order valence-electron chi connectivity index (χ3n) is 3.99. The van der Waals surface area contributed by atoms with Crippen LogP contribution in [-0.2, 0) is 10.0 Å². The van der Waals surface area contributed by atoms with Gasteiger partial charge in [-0.3, -0.25) is 0 Å². The van der Waals surface area contributed by atoms with Gasteiger partial charge in [0.1, 0.15) is 0 Å². The normalized spacial score (nSPS) is 18.4. The van der Waals surface area contributed by atoms with Crippen LogP contribution in [0.2, 0.25) is 0 Å². The Balaban J connectivity index is 2.17. The van der Waals surface area contributed by atoms with Crippen LogP contribution < -0.4 is 11.1 Å². The Kier molecular flexibility index (Phi) is 4.36. The quantitative estimate of drug-likeness (QED) is 0.866. The number of sulfonamides is 1. The predicted molar refractivity (Wildman–Crippen MR) is 81.2 cm³/mol. The molecule has 1 saturated carbocycles. The minimum absolute atomic E-state index is 0.0259. The molecule has 0 heterocycles. The summed E-state index contributed by atoms with van der Waals surface area (Å²) in [5.41, 5.74) is 6.79. The molecule has 1 aromatic carbocycles. The van der Waals surface area contributed by atoms with Crippen LogP contribution in [0, 0.1) is 0 Å². The van der Waals surface area contributed by atoms with E-state index in [-0.39, 0.29) is 5.54 Å². The lowest BCUT2D eigenvalue weighted by atomic mass is 9.97. The molecule has 6 heteroatoms. The maximum absolute atomic E-state index is 12.0. The number of nitrogens with zero attached hydrogens (tertiary/aromatic N) is 1. The highest BCUT2D eigenvalue weighted by Crippen LogP contribution is 2.32. The van der Waals surface area contributed by atoms with E-state index >= 15 is 0 Å². The molecule has 0 aromatic heterocycles. The molecule has 0 bridgehead atoms. The van der Waals surface area contributed by atoms with Gasteiger partial charge in [0.2, 0.25) is 10.0 Å². The summed E-state index contributed by atoms with van der Waals surface area (Å²) in [6, 6.07) is 6.89. The van der Waals surface area contributed by atoms with Crippen LogP contribution in [-0.4, -0.2) is 38.9 Å². The Morgan fingerprint density at radius 2 is 1.75 bits per heavy atom. The number of nitrogens with one attached hydrogen (secondary N) is 1. The zero-order chi connectivity index (χ0) is 14.8. The summed E-state index contributed by atoms with van der Waals surface area (Å²) in [6.45, 7) is 0.602. The van der Waals surface area contributed by atoms with Crippen LogP contribution in [0.3, 0.4) is 0 Å². The molecule has 0 unspecified atom stereocenters. The van der Waals surface area contributed by atoms with Crippen molar-refractivity contribution in [1.82, 2.24) is 4.31 Å². The first-order chi connectivity index (χ1) is 9.39. The van der Waals surface area contributed by atoms with Crippen LogP contribution in [0.1, 0.15) is 25.7 Å². The summed E-state index contributed by atoms with van der Waals surface area (Å²) < 4.78 is 25.2. The molecule has 3 N–H and O–H groups in total. The molecule has 0 atom stereocenters. The highest BCUT2D eigenvalue weighted by molar-refractivity contribution is 7.89. The maximum Gasteiger partial charge on any atom is 0.242 e. The SMILES string of the molecule is CN(C)S(=O)(=O)c1ccc(NC2(CN)CCCC2)cc1. The largest absolute Gasteiger partial charge is 0.378 e. The molecule has 1 aliphatic carbocycles. The lowest BCUT2D eigenvalue weighted by molar-refractivity contribution is 0.493. The summed E-state index contributed by atoms with van der Waals surface area (Å²) in [6.07, 6.45) is 4.52. The van der Waals surface area contributed by atoms with E-state index < -0.39 is 10.0 Å². The highest BCUT2D eigenvalue weighted by Gasteiger charge is 2.32. The fourth-order valence-electron chi connectivity index (χ4n) is 2.66. The first-order valence-electron chi connectivity index (χ1n) is 6.90. The number of nitrogens with two attached hydrogens (primary N) is 1. The molecular formula is C14H23N3O2S. The van der Waals surface area contributed by atoms with Crippen molar-refractivity contribution >= 4 is 15.7 Å². The van der Waals surface area contributed by atoms with Gasteiger partial charge in [-0.25, -0.2) is 12.7 Å². The molecule has 5 nitrogen and oxygen atoms in total. The second kappa shape index (κ2) is 5.71. The maximum atomic E-state index is 12.0. The Bertz CT molecular complexity index is 546. The van der Waals surface area contributed by atoms with Crippen molar-refractivity contribution in [2.45, 2.75) is 36.1 Å². The molecule has 0 radical (unpaired) electrons. The molecule has 20 heavy (non-hydrogen) atoms. The van der Waals surface area contributed by atoms with Gasteiger partial charge in [0, 0.05) is 31.9 Å². The van der Waals surface area contributed by atoms with Crippen molar-refractivity contribution in [3.8, 4) is 0 Å². The van der Waals surface area contributed by atoms with Gasteiger partial charge in [0.05, 0.1) is 4.90 Å². The van der Waals surface area contributed by atoms with Gasteiger partial charge in [-0.2, -0.15) is 0 Å². The number of rotatable bonds is 5. The Morgan fingerprint density at radius 3 is 2.20 bits per heavy atom. The van der Waals surface area contributed by atoms with E-state index in [9.17, 15) is 8.42 Å². The first-order valence-corrected chi connectivity index (χ1v) is 8.34. The van der Waals surface area contributed by atoms with Crippen LogP contribution in [0.4, 0.5) is 5.69 Å². The van der Waals surface area contributed by atoms with Crippen LogP contribution in [0.15, 0.2) is 29.2 Å². The number of benzene rings is 1. The van der Waals surface area contributed by atoms with Gasteiger partial charge < -0.3 is 11.1 Å². The predicted octanol–water partition coefficient (Wildman–Crippen LogP) is 1.62. The molecule has 0 spiro atoms. The zero-order valence-electron chi connectivity index (χ0n) is 12.1. The van der Waals surface area contributed by atoms with Crippen molar-refractivity contribution in [3.63, 3.8) is 0 Å². The first kappa shape index (κ1) is 15.3. The minimum Gasteiger partial charge on any atom is -0.378 e. The fourth-order valence-corrected chi connectivity index (χ4v) is 3.56. The molecule has 0 amide bonds. The van der Waals surface area contributed by atoms with Gasteiger partial charge in [0.15, 0.2) is 0 Å². The van der Waals surface area contributed by atoms with Gasteiger partial charge in [-0.15, -0.1) is 0 Å². The summed E-state index contributed by atoms with van der Waals surface area (Å²) in [7, 11) is -0.298. The fraction of sp³-hybridized carbons (Fsp3) is 0.571. The van der Waals surface area contributed by atoms with E-state index in [1.165, 1.54) is 31.2 Å². The molecular weight excluding hydrogens is 274 g/mol. The van der Waals surface area contributed by atoms with Crippen LogP contribution in [0.25, 0.3) is 0 Å². The molecule has 112 valence electrons. The van der Waals surface area contributed by atoms with Gasteiger partial charge in [-0.1, -0.05) is 12.8 Å². The smallest absolute Gasteiger partial charge is 0.242 e. The highest BCUT2D eigenvalue weighted by atomic mass is 32.2. The summed E-state index contributed by atoms with van der Waals surface area (Å²) in [5, 5.41) is 3.48. The molecule has 1 fully saturated rings. The van der Waals surface area contributed by atoms with E-state index in [2.05, 4.69) is 5.32 Å². The van der Waals surface area contributed by atoms with Crippen LogP contribution in [0.5, 0.6) is 0 Å². The number of anilines is 1. The van der Waals surface area contributed by atoms with Gasteiger partial charge in [0.25, 0.3) is 0 Å². The molecule has 1 aliphatic rings. The van der Waals surface area contributed by atoms with Crippen LogP contribution >= 0.6 is 0 Å². The van der Waals surface area contributed by atoms with Crippen molar-refractivity contribution in [3.05, 3.63) is 24.3 Å². The number of hydrogen-bond donors (Lipinski definition) is 2. The third kappa shape index (κ3) is 2.97. The van der Waals surface area contributed by atoms with E-state index in [4.69, 9.17) is 5.73 Å². The lowest BCUT2D eigenvalue weighted by Gasteiger charge is -2.30. The molecule has 0 aliphatic heterocycles. The second-order valence-corrected chi connectivity index (χ2v) is 7.78. The van der Waals surface area contributed by atoms with Crippen molar-refractivity contribution in [1.29, 1.82) is 0 Å². The average Bonchev–Trinajstić information content (AvgIpc) is 2.88. The van der Waals surface area contributed by atoms with Crippen molar-refractivity contribution in [2.24, 2.45) is 5.73 Å². The Morgan fingerprint density at radius 1 is 1.20 bits per heavy atom. The van der Waals surface area contributed by atoms with E-state index in [0.29, 0.717) is 11.4 Å². The summed E-state index contributed by atoms with van der Waals surface area (Å²) in [4.78, 5) is 0.307. The topological polar surface area (TPSA) is 75.4 Å². The Hall–Kier alpha value is -1.11.